The van der Waals surface area contributed by atoms with Gasteiger partial charge in [0.15, 0.2) is 0 Å². The predicted molar refractivity (Wildman–Crippen MR) is 147 cm³/mol. The molecule has 0 radical (unpaired) electrons. The number of likely N-dealkylation sites (N-methyl/N-ethyl adjacent to an activating group) is 1. The molecule has 8 heteroatoms. The average Bonchev–Trinajstić information content (AvgIpc) is 3.71. The fourth-order valence-corrected chi connectivity index (χ4v) is 5.43. The van der Waals surface area contributed by atoms with Crippen LogP contribution >= 0.6 is 0 Å². The number of halogens is 1. The molecule has 2 N–H and O–H groups in total. The van der Waals surface area contributed by atoms with E-state index in [0.717, 1.165) is 29.5 Å². The lowest BCUT2D eigenvalue weighted by molar-refractivity contribution is -0.116. The zero-order valence-corrected chi connectivity index (χ0v) is 21.8. The minimum Gasteiger partial charge on any atom is -0.339 e. The van der Waals surface area contributed by atoms with Crippen molar-refractivity contribution in [3.8, 4) is 0 Å². The number of carbonyl (C=O) groups is 2. The van der Waals surface area contributed by atoms with Crippen LogP contribution in [0.3, 0.4) is 0 Å². The van der Waals surface area contributed by atoms with Crippen LogP contribution in [0.1, 0.15) is 37.3 Å². The molecule has 1 saturated heterocycles. The third-order valence-electron chi connectivity index (χ3n) is 7.74. The molecule has 38 heavy (non-hydrogen) atoms. The Bertz CT molecular complexity index is 1520. The van der Waals surface area contributed by atoms with Gasteiger partial charge in [-0.1, -0.05) is 25.3 Å². The number of carbonyl (C=O) groups excluding carboxylic acids is 2. The van der Waals surface area contributed by atoms with E-state index in [1.807, 2.05) is 50.1 Å². The highest BCUT2D eigenvalue weighted by Crippen LogP contribution is 2.48. The van der Waals surface area contributed by atoms with Crippen LogP contribution in [-0.4, -0.2) is 34.8 Å². The number of fused-ring (bicyclic) bond motifs is 2. The van der Waals surface area contributed by atoms with Crippen molar-refractivity contribution in [2.24, 2.45) is 0 Å². The second kappa shape index (κ2) is 8.62. The Morgan fingerprint density at radius 3 is 2.50 bits per heavy atom. The molecule has 2 fully saturated rings. The second-order valence-corrected chi connectivity index (χ2v) is 10.4. The smallest absolute Gasteiger partial charge is 0.333 e. The van der Waals surface area contributed by atoms with Gasteiger partial charge in [0.05, 0.1) is 28.3 Å². The summed E-state index contributed by atoms with van der Waals surface area (Å²) in [5, 5.41) is 6.23. The first-order valence-electron chi connectivity index (χ1n) is 12.8. The van der Waals surface area contributed by atoms with Crippen molar-refractivity contribution in [2.75, 3.05) is 22.6 Å². The normalized spacial score (nSPS) is 19.6. The standard InChI is InChI=1S/C30H30FN5O2/c1-16-6-12-24(23(31)14-16)33-29-27-19(4)35(21-10-11-21)30(38)36(28(27)17(2)18(3)34(29)5)22-9-7-20-8-13-26(37)32-25(20)15-22/h6-7,9,12,14-15,21,33H,3-4,8,10-11,13H2,1-2,5H3,(H,32,37). The van der Waals surface area contributed by atoms with Gasteiger partial charge in [-0.3, -0.25) is 14.6 Å². The SMILES string of the molecule is C=C1C(C)=C2C(=C(Nc3ccc(C)cc3F)N1C)C(=C)N(C1CC1)C(=O)N2c1ccc2c(c1)NC(=O)CC2. The fourth-order valence-electron chi connectivity index (χ4n) is 5.43. The van der Waals surface area contributed by atoms with E-state index >= 15 is 0 Å². The van der Waals surface area contributed by atoms with Crippen molar-refractivity contribution in [1.82, 2.24) is 9.80 Å². The van der Waals surface area contributed by atoms with E-state index in [-0.39, 0.29) is 23.8 Å². The van der Waals surface area contributed by atoms with Gasteiger partial charge in [0.2, 0.25) is 5.91 Å². The summed E-state index contributed by atoms with van der Waals surface area (Å²) in [6.07, 6.45) is 2.88. The van der Waals surface area contributed by atoms with Crippen molar-refractivity contribution in [3.63, 3.8) is 0 Å². The van der Waals surface area contributed by atoms with E-state index in [1.54, 1.807) is 15.9 Å². The molecule has 0 aromatic heterocycles. The highest BCUT2D eigenvalue weighted by atomic mass is 19.1. The summed E-state index contributed by atoms with van der Waals surface area (Å²) >= 11 is 0. The molecule has 7 nitrogen and oxygen atoms in total. The monoisotopic (exact) mass is 511 g/mol. The Balaban J connectivity index is 1.55. The molecule has 3 heterocycles. The molecular weight excluding hydrogens is 481 g/mol. The fraction of sp³-hybridized carbons (Fsp3) is 0.267. The van der Waals surface area contributed by atoms with Crippen LogP contribution < -0.4 is 15.5 Å². The Morgan fingerprint density at radius 2 is 1.79 bits per heavy atom. The number of hydrogen-bond donors (Lipinski definition) is 2. The number of aryl methyl sites for hydroxylation is 2. The van der Waals surface area contributed by atoms with Crippen molar-refractivity contribution in [1.29, 1.82) is 0 Å². The number of benzene rings is 2. The van der Waals surface area contributed by atoms with Crippen molar-refractivity contribution < 1.29 is 14.0 Å². The summed E-state index contributed by atoms with van der Waals surface area (Å²) < 4.78 is 15.0. The Kier molecular flexibility index (Phi) is 5.45. The topological polar surface area (TPSA) is 67.9 Å². The van der Waals surface area contributed by atoms with Crippen LogP contribution in [0.2, 0.25) is 0 Å². The maximum Gasteiger partial charge on any atom is 0.333 e. The van der Waals surface area contributed by atoms with E-state index in [0.29, 0.717) is 58.4 Å². The van der Waals surface area contributed by atoms with Gasteiger partial charge in [0, 0.05) is 30.9 Å². The zero-order valence-electron chi connectivity index (χ0n) is 21.8. The number of urea groups is 1. The molecule has 0 atom stereocenters. The number of hydrogen-bond acceptors (Lipinski definition) is 4. The first kappa shape index (κ1) is 24.0. The van der Waals surface area contributed by atoms with Gasteiger partial charge < -0.3 is 15.5 Å². The minimum absolute atomic E-state index is 0.0390. The Labute approximate surface area is 221 Å². The molecule has 2 aromatic carbocycles. The van der Waals surface area contributed by atoms with Crippen LogP contribution in [0.4, 0.5) is 26.2 Å². The van der Waals surface area contributed by atoms with E-state index in [2.05, 4.69) is 23.8 Å². The number of nitrogens with one attached hydrogen (secondary N) is 2. The lowest BCUT2D eigenvalue weighted by Crippen LogP contribution is -2.51. The van der Waals surface area contributed by atoms with Crippen LogP contribution in [0, 0.1) is 12.7 Å². The maximum absolute atomic E-state index is 15.0. The van der Waals surface area contributed by atoms with Crippen LogP contribution in [0.25, 0.3) is 0 Å². The van der Waals surface area contributed by atoms with E-state index in [4.69, 9.17) is 0 Å². The van der Waals surface area contributed by atoms with Crippen molar-refractivity contribution >= 4 is 29.0 Å². The van der Waals surface area contributed by atoms with Gasteiger partial charge >= 0.3 is 6.03 Å². The van der Waals surface area contributed by atoms with Crippen LogP contribution in [-0.2, 0) is 11.2 Å². The highest BCUT2D eigenvalue weighted by molar-refractivity contribution is 6.03. The molecule has 3 amide bonds. The van der Waals surface area contributed by atoms with Gasteiger partial charge in [-0.25, -0.2) is 9.18 Å². The second-order valence-electron chi connectivity index (χ2n) is 10.4. The first-order valence-corrected chi connectivity index (χ1v) is 12.8. The summed E-state index contributed by atoms with van der Waals surface area (Å²) in [5.41, 5.74) is 6.95. The summed E-state index contributed by atoms with van der Waals surface area (Å²) in [7, 11) is 1.87. The molecule has 2 aromatic rings. The Morgan fingerprint density at radius 1 is 1.03 bits per heavy atom. The molecule has 6 rings (SSSR count). The molecule has 0 bridgehead atoms. The predicted octanol–water partition coefficient (Wildman–Crippen LogP) is 5.99. The molecule has 4 aliphatic rings. The number of allylic oxidation sites excluding steroid dienone is 1. The lowest BCUT2D eigenvalue weighted by atomic mass is 9.93. The van der Waals surface area contributed by atoms with Crippen LogP contribution in [0.5, 0.6) is 0 Å². The highest BCUT2D eigenvalue weighted by Gasteiger charge is 2.47. The average molecular weight is 512 g/mol. The third-order valence-corrected chi connectivity index (χ3v) is 7.74. The van der Waals surface area contributed by atoms with Gasteiger partial charge in [-0.2, -0.15) is 0 Å². The third kappa shape index (κ3) is 3.70. The minimum atomic E-state index is -0.372. The van der Waals surface area contributed by atoms with Gasteiger partial charge in [-0.05, 0) is 74.1 Å². The maximum atomic E-state index is 15.0. The molecule has 1 saturated carbocycles. The van der Waals surface area contributed by atoms with E-state index in [9.17, 15) is 14.0 Å². The summed E-state index contributed by atoms with van der Waals surface area (Å²) in [6.45, 7) is 12.4. The molecule has 194 valence electrons. The Hall–Kier alpha value is -4.33. The first-order chi connectivity index (χ1) is 18.2. The lowest BCUT2D eigenvalue weighted by Gasteiger charge is -2.46. The van der Waals surface area contributed by atoms with E-state index < -0.39 is 0 Å². The zero-order chi connectivity index (χ0) is 26.9. The molecule has 3 aliphatic heterocycles. The summed E-state index contributed by atoms with van der Waals surface area (Å²) in [5.74, 6) is 0.185. The van der Waals surface area contributed by atoms with Gasteiger partial charge in [-0.15, -0.1) is 0 Å². The summed E-state index contributed by atoms with van der Waals surface area (Å²) in [4.78, 5) is 31.5. The van der Waals surface area contributed by atoms with Gasteiger partial charge in [0.25, 0.3) is 0 Å². The molecular formula is C30H30FN5O2. The van der Waals surface area contributed by atoms with E-state index in [1.165, 1.54) is 6.07 Å². The molecule has 0 unspecified atom stereocenters. The van der Waals surface area contributed by atoms with Crippen LogP contribution in [0.15, 0.2) is 83.6 Å². The number of anilines is 3. The van der Waals surface area contributed by atoms with Gasteiger partial charge in [0.1, 0.15) is 11.6 Å². The van der Waals surface area contributed by atoms with Crippen molar-refractivity contribution in [2.45, 2.75) is 45.6 Å². The quantitative estimate of drug-likeness (QED) is 0.529. The summed E-state index contributed by atoms with van der Waals surface area (Å²) in [6, 6.07) is 10.6. The number of amides is 3. The molecule has 0 spiro atoms. The van der Waals surface area contributed by atoms with Crippen molar-refractivity contribution in [3.05, 3.63) is 101 Å². The largest absolute Gasteiger partial charge is 0.339 e. The number of rotatable bonds is 4. The molecule has 1 aliphatic carbocycles. The number of nitrogens with zero attached hydrogens (tertiary/aromatic N) is 3.